The number of carbonyl (C=O) groups is 1. The molecule has 3 aromatic rings. The predicted octanol–water partition coefficient (Wildman–Crippen LogP) is 3.31. The number of halogens is 1. The Kier molecular flexibility index (Phi) is 4.11. The number of aryl methyl sites for hydroxylation is 1. The van der Waals surface area contributed by atoms with Crippen LogP contribution in [0.4, 0.5) is 0 Å². The van der Waals surface area contributed by atoms with Gasteiger partial charge in [0.25, 0.3) is 0 Å². The van der Waals surface area contributed by atoms with Gasteiger partial charge in [0.15, 0.2) is 0 Å². The number of aromatic nitrogens is 2. The number of hydrogen-bond donors (Lipinski definition) is 1. The summed E-state index contributed by atoms with van der Waals surface area (Å²) in [5.74, 6) is -0.0757. The van der Waals surface area contributed by atoms with Crippen molar-refractivity contribution in [2.45, 2.75) is 20.0 Å². The topological polar surface area (TPSA) is 46.9 Å². The van der Waals surface area contributed by atoms with Crippen LogP contribution in [0.2, 0.25) is 5.02 Å². The minimum Gasteiger partial charge on any atom is -0.350 e. The van der Waals surface area contributed by atoms with Crippen LogP contribution in [0, 0.1) is 6.92 Å². The van der Waals surface area contributed by atoms with E-state index in [0.717, 1.165) is 16.5 Å². The Morgan fingerprint density at radius 1 is 1.27 bits per heavy atom. The number of rotatable bonds is 4. The molecule has 0 fully saturated rings. The smallest absolute Gasteiger partial charge is 0.242 e. The van der Waals surface area contributed by atoms with Gasteiger partial charge < -0.3 is 5.32 Å². The van der Waals surface area contributed by atoms with Gasteiger partial charge >= 0.3 is 0 Å². The molecule has 0 saturated carbocycles. The second-order valence-electron chi connectivity index (χ2n) is 5.21. The van der Waals surface area contributed by atoms with Gasteiger partial charge in [0.05, 0.1) is 11.7 Å². The first kappa shape index (κ1) is 14.6. The molecule has 0 aliphatic carbocycles. The Hall–Kier alpha value is -2.33. The zero-order chi connectivity index (χ0) is 15.5. The lowest BCUT2D eigenvalue weighted by atomic mass is 10.1. The monoisotopic (exact) mass is 313 g/mol. The molecule has 0 atom stereocenters. The third-order valence-corrected chi connectivity index (χ3v) is 3.87. The number of benzene rings is 2. The Morgan fingerprint density at radius 3 is 2.91 bits per heavy atom. The molecule has 5 heteroatoms. The minimum atomic E-state index is -0.0757. The molecule has 1 aromatic heterocycles. The molecule has 0 aliphatic rings. The molecule has 3 rings (SSSR count). The fraction of sp³-hybridized carbons (Fsp3) is 0.176. The van der Waals surface area contributed by atoms with Crippen LogP contribution in [-0.2, 0) is 17.9 Å². The van der Waals surface area contributed by atoms with Gasteiger partial charge in [0.1, 0.15) is 6.54 Å². The summed E-state index contributed by atoms with van der Waals surface area (Å²) in [6, 6.07) is 13.5. The zero-order valence-corrected chi connectivity index (χ0v) is 13.0. The van der Waals surface area contributed by atoms with Crippen molar-refractivity contribution in [2.75, 3.05) is 0 Å². The number of carbonyl (C=O) groups excluding carboxylic acids is 1. The van der Waals surface area contributed by atoms with E-state index in [1.165, 1.54) is 5.56 Å². The van der Waals surface area contributed by atoms with E-state index < -0.39 is 0 Å². The van der Waals surface area contributed by atoms with Gasteiger partial charge in [-0.2, -0.15) is 5.10 Å². The van der Waals surface area contributed by atoms with Crippen LogP contribution < -0.4 is 5.32 Å². The van der Waals surface area contributed by atoms with Gasteiger partial charge in [0.2, 0.25) is 5.91 Å². The summed E-state index contributed by atoms with van der Waals surface area (Å²) in [7, 11) is 0. The predicted molar refractivity (Wildman–Crippen MR) is 87.8 cm³/mol. The van der Waals surface area contributed by atoms with Crippen LogP contribution >= 0.6 is 11.6 Å². The van der Waals surface area contributed by atoms with Gasteiger partial charge in [-0.3, -0.25) is 9.48 Å². The Morgan fingerprint density at radius 2 is 2.09 bits per heavy atom. The van der Waals surface area contributed by atoms with Crippen molar-refractivity contribution in [1.29, 1.82) is 0 Å². The standard InChI is InChI=1S/C17H16ClN3O/c1-12-4-2-3-5-13(12)9-19-17(22)11-21-16-8-15(18)7-6-14(16)10-20-21/h2-8,10H,9,11H2,1H3,(H,19,22). The van der Waals surface area contributed by atoms with E-state index in [1.54, 1.807) is 10.9 Å². The summed E-state index contributed by atoms with van der Waals surface area (Å²) < 4.78 is 1.66. The van der Waals surface area contributed by atoms with Crippen molar-refractivity contribution in [1.82, 2.24) is 15.1 Å². The van der Waals surface area contributed by atoms with Crippen LogP contribution in [0.5, 0.6) is 0 Å². The Balaban J connectivity index is 1.68. The van der Waals surface area contributed by atoms with Crippen molar-refractivity contribution in [3.63, 3.8) is 0 Å². The van der Waals surface area contributed by atoms with Crippen LogP contribution in [0.15, 0.2) is 48.7 Å². The summed E-state index contributed by atoms with van der Waals surface area (Å²) in [4.78, 5) is 12.1. The number of amides is 1. The summed E-state index contributed by atoms with van der Waals surface area (Å²) in [6.07, 6.45) is 1.74. The molecule has 1 N–H and O–H groups in total. The minimum absolute atomic E-state index is 0.0757. The maximum Gasteiger partial charge on any atom is 0.242 e. The molecule has 22 heavy (non-hydrogen) atoms. The lowest BCUT2D eigenvalue weighted by Crippen LogP contribution is -2.27. The van der Waals surface area contributed by atoms with E-state index >= 15 is 0 Å². The van der Waals surface area contributed by atoms with Gasteiger partial charge in [-0.25, -0.2) is 0 Å². The van der Waals surface area contributed by atoms with Crippen molar-refractivity contribution in [2.24, 2.45) is 0 Å². The Bertz CT molecular complexity index is 826. The highest BCUT2D eigenvalue weighted by Gasteiger charge is 2.08. The molecule has 4 nitrogen and oxygen atoms in total. The molecular weight excluding hydrogens is 298 g/mol. The molecule has 0 bridgehead atoms. The van der Waals surface area contributed by atoms with Gasteiger partial charge in [-0.05, 0) is 36.2 Å². The van der Waals surface area contributed by atoms with Crippen molar-refractivity contribution >= 4 is 28.4 Å². The van der Waals surface area contributed by atoms with E-state index in [9.17, 15) is 4.79 Å². The lowest BCUT2D eigenvalue weighted by Gasteiger charge is -2.08. The third-order valence-electron chi connectivity index (χ3n) is 3.64. The maximum atomic E-state index is 12.1. The van der Waals surface area contributed by atoms with Crippen molar-refractivity contribution in [3.05, 3.63) is 64.8 Å². The molecule has 2 aromatic carbocycles. The molecule has 112 valence electrons. The van der Waals surface area contributed by atoms with E-state index in [1.807, 2.05) is 49.4 Å². The van der Waals surface area contributed by atoms with E-state index in [0.29, 0.717) is 11.6 Å². The molecule has 1 amide bonds. The third kappa shape index (κ3) is 3.12. The first-order valence-corrected chi connectivity index (χ1v) is 7.43. The Labute approximate surface area is 133 Å². The summed E-state index contributed by atoms with van der Waals surface area (Å²) in [5.41, 5.74) is 3.14. The largest absolute Gasteiger partial charge is 0.350 e. The average molecular weight is 314 g/mol. The summed E-state index contributed by atoms with van der Waals surface area (Å²) >= 11 is 6.00. The second-order valence-corrected chi connectivity index (χ2v) is 5.65. The van der Waals surface area contributed by atoms with Crippen molar-refractivity contribution < 1.29 is 4.79 Å². The summed E-state index contributed by atoms with van der Waals surface area (Å²) in [6.45, 7) is 2.73. The number of hydrogen-bond acceptors (Lipinski definition) is 2. The quantitative estimate of drug-likeness (QED) is 0.803. The van der Waals surface area contributed by atoms with Crippen LogP contribution in [0.3, 0.4) is 0 Å². The van der Waals surface area contributed by atoms with E-state index in [2.05, 4.69) is 10.4 Å². The molecular formula is C17H16ClN3O. The molecule has 0 spiro atoms. The normalized spacial score (nSPS) is 10.8. The maximum absolute atomic E-state index is 12.1. The van der Waals surface area contributed by atoms with Crippen molar-refractivity contribution in [3.8, 4) is 0 Å². The number of nitrogens with zero attached hydrogens (tertiary/aromatic N) is 2. The number of fused-ring (bicyclic) bond motifs is 1. The average Bonchev–Trinajstić information content (AvgIpc) is 2.89. The van der Waals surface area contributed by atoms with Gasteiger partial charge in [0, 0.05) is 17.0 Å². The van der Waals surface area contributed by atoms with Gasteiger partial charge in [-0.1, -0.05) is 35.9 Å². The number of nitrogens with one attached hydrogen (secondary N) is 1. The van der Waals surface area contributed by atoms with Crippen LogP contribution in [0.25, 0.3) is 10.9 Å². The molecule has 0 aliphatic heterocycles. The highest BCUT2D eigenvalue weighted by atomic mass is 35.5. The molecule has 0 unspecified atom stereocenters. The highest BCUT2D eigenvalue weighted by molar-refractivity contribution is 6.31. The molecule has 0 radical (unpaired) electrons. The fourth-order valence-electron chi connectivity index (χ4n) is 2.36. The molecule has 0 saturated heterocycles. The lowest BCUT2D eigenvalue weighted by molar-refractivity contribution is -0.121. The second kappa shape index (κ2) is 6.20. The van der Waals surface area contributed by atoms with Gasteiger partial charge in [-0.15, -0.1) is 0 Å². The first-order valence-electron chi connectivity index (χ1n) is 7.06. The van der Waals surface area contributed by atoms with E-state index in [4.69, 9.17) is 11.6 Å². The SMILES string of the molecule is Cc1ccccc1CNC(=O)Cn1ncc2ccc(Cl)cc21. The highest BCUT2D eigenvalue weighted by Crippen LogP contribution is 2.18. The molecule has 1 heterocycles. The first-order chi connectivity index (χ1) is 10.6. The van der Waals surface area contributed by atoms with Crippen LogP contribution in [0.1, 0.15) is 11.1 Å². The van der Waals surface area contributed by atoms with E-state index in [-0.39, 0.29) is 12.5 Å². The zero-order valence-electron chi connectivity index (χ0n) is 12.2. The van der Waals surface area contributed by atoms with Crippen LogP contribution in [-0.4, -0.2) is 15.7 Å². The summed E-state index contributed by atoms with van der Waals surface area (Å²) in [5, 5.41) is 8.77. The fourth-order valence-corrected chi connectivity index (χ4v) is 2.53.